The van der Waals surface area contributed by atoms with Crippen molar-refractivity contribution in [3.05, 3.63) is 88.4 Å². The number of carbonyl (C=O) groups is 1. The van der Waals surface area contributed by atoms with Gasteiger partial charge in [-0.05, 0) is 53.4 Å². The molecule has 30 heavy (non-hydrogen) atoms. The largest absolute Gasteiger partial charge is 0.357 e. The first-order chi connectivity index (χ1) is 14.5. The zero-order chi connectivity index (χ0) is 21.0. The number of pyridine rings is 1. The van der Waals surface area contributed by atoms with E-state index in [9.17, 15) is 10.1 Å². The van der Waals surface area contributed by atoms with Gasteiger partial charge in [0.05, 0.1) is 17.2 Å². The molecule has 4 aromatic rings. The van der Waals surface area contributed by atoms with Crippen LogP contribution in [0.4, 0.5) is 0 Å². The molecule has 2 aromatic heterocycles. The monoisotopic (exact) mass is 391 g/mol. The van der Waals surface area contributed by atoms with Gasteiger partial charge in [-0.25, -0.2) is 0 Å². The second-order valence-corrected chi connectivity index (χ2v) is 8.35. The molecule has 0 saturated heterocycles. The molecule has 0 atom stereocenters. The number of fused-ring (bicyclic) bond motifs is 4. The average molecular weight is 391 g/mol. The highest BCUT2D eigenvalue weighted by Crippen LogP contribution is 2.45. The molecule has 1 aliphatic carbocycles. The lowest BCUT2D eigenvalue weighted by Crippen LogP contribution is -2.30. The molecule has 0 saturated carbocycles. The van der Waals surface area contributed by atoms with E-state index in [4.69, 9.17) is 0 Å². The molecule has 4 heteroatoms. The fourth-order valence-electron chi connectivity index (χ4n) is 4.67. The summed E-state index contributed by atoms with van der Waals surface area (Å²) in [6.07, 6.45) is 4.47. The van der Waals surface area contributed by atoms with E-state index in [2.05, 4.69) is 55.0 Å². The maximum absolute atomic E-state index is 13.6. The van der Waals surface area contributed by atoms with Crippen molar-refractivity contribution in [2.24, 2.45) is 0 Å². The van der Waals surface area contributed by atoms with Crippen LogP contribution in [0.25, 0.3) is 22.0 Å². The van der Waals surface area contributed by atoms with E-state index in [0.29, 0.717) is 5.56 Å². The Hall–Kier alpha value is -3.71. The number of nitrogens with one attached hydrogen (secondary N) is 1. The van der Waals surface area contributed by atoms with E-state index in [-0.39, 0.29) is 11.2 Å². The highest BCUT2D eigenvalue weighted by molar-refractivity contribution is 6.20. The lowest BCUT2D eigenvalue weighted by molar-refractivity contribution is 0.103. The highest BCUT2D eigenvalue weighted by atomic mass is 16.1. The molecular formula is C26H21N3O. The molecular weight excluding hydrogens is 370 g/mol. The van der Waals surface area contributed by atoms with Crippen molar-refractivity contribution in [3.8, 4) is 17.2 Å². The maximum Gasteiger partial charge on any atom is 0.195 e. The van der Waals surface area contributed by atoms with Crippen molar-refractivity contribution in [1.29, 1.82) is 5.26 Å². The van der Waals surface area contributed by atoms with E-state index in [1.807, 2.05) is 24.4 Å². The summed E-state index contributed by atoms with van der Waals surface area (Å²) in [6.45, 7) is 6.41. The van der Waals surface area contributed by atoms with Crippen molar-refractivity contribution >= 4 is 16.7 Å². The summed E-state index contributed by atoms with van der Waals surface area (Å²) in [4.78, 5) is 21.4. The Morgan fingerprint density at radius 2 is 1.97 bits per heavy atom. The molecule has 0 bridgehead atoms. The van der Waals surface area contributed by atoms with Crippen LogP contribution in [0.15, 0.2) is 54.9 Å². The van der Waals surface area contributed by atoms with Crippen LogP contribution in [-0.4, -0.2) is 15.8 Å². The van der Waals surface area contributed by atoms with Crippen molar-refractivity contribution in [1.82, 2.24) is 9.97 Å². The number of benzene rings is 2. The zero-order valence-electron chi connectivity index (χ0n) is 17.2. The van der Waals surface area contributed by atoms with Crippen LogP contribution in [0, 0.1) is 11.3 Å². The number of hydrogen-bond donors (Lipinski definition) is 1. The van der Waals surface area contributed by atoms with Gasteiger partial charge in [-0.1, -0.05) is 32.9 Å². The molecule has 2 heterocycles. The molecule has 0 radical (unpaired) electrons. The number of hydrogen-bond acceptors (Lipinski definition) is 3. The van der Waals surface area contributed by atoms with Crippen molar-refractivity contribution in [2.75, 3.05) is 0 Å². The quantitative estimate of drug-likeness (QED) is 0.488. The number of nitriles is 1. The third-order valence-corrected chi connectivity index (χ3v) is 6.29. The summed E-state index contributed by atoms with van der Waals surface area (Å²) in [5, 5.41) is 10.1. The lowest BCUT2D eigenvalue weighted by Gasteiger charge is -2.33. The Morgan fingerprint density at radius 1 is 1.13 bits per heavy atom. The minimum absolute atomic E-state index is 0.0442. The summed E-state index contributed by atoms with van der Waals surface area (Å²) in [5.74, 6) is 0.0442. The van der Waals surface area contributed by atoms with E-state index in [0.717, 1.165) is 56.4 Å². The topological polar surface area (TPSA) is 69.5 Å². The van der Waals surface area contributed by atoms with Gasteiger partial charge in [0, 0.05) is 45.5 Å². The number of ketones is 1. The molecule has 5 rings (SSSR count). The van der Waals surface area contributed by atoms with Crippen LogP contribution in [0.1, 0.15) is 59.1 Å². The molecule has 4 nitrogen and oxygen atoms in total. The summed E-state index contributed by atoms with van der Waals surface area (Å²) in [7, 11) is 0. The molecule has 0 unspecified atom stereocenters. The first kappa shape index (κ1) is 18.3. The smallest absolute Gasteiger partial charge is 0.195 e. The molecule has 0 fully saturated rings. The normalized spacial score (nSPS) is 14.3. The van der Waals surface area contributed by atoms with Crippen LogP contribution in [0.2, 0.25) is 0 Å². The Labute approximate surface area is 175 Å². The van der Waals surface area contributed by atoms with E-state index in [1.165, 1.54) is 0 Å². The zero-order valence-corrected chi connectivity index (χ0v) is 17.2. The van der Waals surface area contributed by atoms with Crippen molar-refractivity contribution in [2.45, 2.75) is 32.6 Å². The fraction of sp³-hybridized carbons (Fsp3) is 0.192. The highest BCUT2D eigenvalue weighted by Gasteiger charge is 2.40. The standard InChI is InChI=1S/C26H21N3O/c1-4-16-11-20-21(12-19(16)17-6-5-9-28-14-17)26(2,3)25-23(24(20)30)18-8-7-15(13-27)10-22(18)29-25/h5-12,14,29H,4H2,1-3H3. The Morgan fingerprint density at radius 3 is 2.67 bits per heavy atom. The van der Waals surface area contributed by atoms with E-state index in [1.54, 1.807) is 12.3 Å². The Kier molecular flexibility index (Phi) is 3.91. The molecule has 1 aliphatic rings. The van der Waals surface area contributed by atoms with Gasteiger partial charge in [0.1, 0.15) is 0 Å². The predicted octanol–water partition coefficient (Wildman–Crippen LogP) is 5.53. The van der Waals surface area contributed by atoms with Gasteiger partial charge < -0.3 is 4.98 Å². The number of nitrogens with zero attached hydrogens (tertiary/aromatic N) is 2. The molecule has 1 N–H and O–H groups in total. The minimum Gasteiger partial charge on any atom is -0.357 e. The van der Waals surface area contributed by atoms with Crippen LogP contribution in [-0.2, 0) is 11.8 Å². The summed E-state index contributed by atoms with van der Waals surface area (Å²) < 4.78 is 0. The summed E-state index contributed by atoms with van der Waals surface area (Å²) in [5.41, 5.74) is 7.76. The van der Waals surface area contributed by atoms with Gasteiger partial charge in [0.2, 0.25) is 0 Å². The summed E-state index contributed by atoms with van der Waals surface area (Å²) in [6, 6.07) is 15.9. The summed E-state index contributed by atoms with van der Waals surface area (Å²) >= 11 is 0. The average Bonchev–Trinajstić information content (AvgIpc) is 3.17. The number of aromatic nitrogens is 2. The van der Waals surface area contributed by atoms with Gasteiger partial charge in [0.15, 0.2) is 5.78 Å². The van der Waals surface area contributed by atoms with Crippen LogP contribution in [0.3, 0.4) is 0 Å². The van der Waals surface area contributed by atoms with Crippen LogP contribution in [0.5, 0.6) is 0 Å². The third-order valence-electron chi connectivity index (χ3n) is 6.29. The second-order valence-electron chi connectivity index (χ2n) is 8.35. The molecule has 0 amide bonds. The van der Waals surface area contributed by atoms with E-state index < -0.39 is 0 Å². The number of carbonyl (C=O) groups excluding carboxylic acids is 1. The number of rotatable bonds is 2. The van der Waals surface area contributed by atoms with Gasteiger partial charge >= 0.3 is 0 Å². The van der Waals surface area contributed by atoms with Crippen molar-refractivity contribution in [3.63, 3.8) is 0 Å². The number of H-pyrrole nitrogens is 1. The molecule has 0 aliphatic heterocycles. The van der Waals surface area contributed by atoms with Crippen molar-refractivity contribution < 1.29 is 4.79 Å². The molecule has 146 valence electrons. The fourth-order valence-corrected chi connectivity index (χ4v) is 4.67. The van der Waals surface area contributed by atoms with Gasteiger partial charge in [0.25, 0.3) is 0 Å². The maximum atomic E-state index is 13.6. The van der Waals surface area contributed by atoms with Crippen LogP contribution < -0.4 is 0 Å². The first-order valence-corrected chi connectivity index (χ1v) is 10.1. The Balaban J connectivity index is 1.80. The molecule has 2 aromatic carbocycles. The van der Waals surface area contributed by atoms with Crippen LogP contribution >= 0.6 is 0 Å². The molecule has 0 spiro atoms. The predicted molar refractivity (Wildman–Crippen MR) is 118 cm³/mol. The van der Waals surface area contributed by atoms with Gasteiger partial charge in [-0.2, -0.15) is 5.26 Å². The van der Waals surface area contributed by atoms with Gasteiger partial charge in [-0.15, -0.1) is 0 Å². The minimum atomic E-state index is -0.381. The SMILES string of the molecule is CCc1cc2c(cc1-c1cccnc1)C(C)(C)c1[nH]c3cc(C#N)ccc3c1C2=O. The number of aromatic amines is 1. The number of aryl methyl sites for hydroxylation is 1. The first-order valence-electron chi connectivity index (χ1n) is 10.1. The second kappa shape index (κ2) is 6.40. The lowest BCUT2D eigenvalue weighted by atomic mass is 9.70. The third kappa shape index (κ3) is 2.45. The van der Waals surface area contributed by atoms with E-state index >= 15 is 0 Å². The Bertz CT molecular complexity index is 1370. The van der Waals surface area contributed by atoms with Gasteiger partial charge in [-0.3, -0.25) is 9.78 Å².